The molecule has 0 atom stereocenters. The zero-order chi connectivity index (χ0) is 23.0. The van der Waals surface area contributed by atoms with Crippen LogP contribution in [0.15, 0.2) is 78.9 Å². The summed E-state index contributed by atoms with van der Waals surface area (Å²) in [5.41, 5.74) is 9.60. The van der Waals surface area contributed by atoms with Gasteiger partial charge in [-0.15, -0.1) is 0 Å². The van der Waals surface area contributed by atoms with Crippen LogP contribution in [0.3, 0.4) is 0 Å². The number of benzene rings is 4. The fourth-order valence-electron chi connectivity index (χ4n) is 5.20. The van der Waals surface area contributed by atoms with Crippen LogP contribution in [-0.2, 0) is 0 Å². The van der Waals surface area contributed by atoms with E-state index < -0.39 is 18.4 Å². The van der Waals surface area contributed by atoms with Gasteiger partial charge in [0, 0.05) is 0 Å². The first-order valence-electron chi connectivity index (χ1n) is 11.5. The Morgan fingerprint density at radius 3 is 1.16 bits per heavy atom. The molecule has 0 bridgehead atoms. The van der Waals surface area contributed by atoms with Crippen LogP contribution >= 0.6 is 0 Å². The number of hydrogen-bond acceptors (Lipinski definition) is 0. The predicted molar refractivity (Wildman–Crippen MR) is 143 cm³/mol. The van der Waals surface area contributed by atoms with E-state index in [1.165, 1.54) is 42.5 Å². The van der Waals surface area contributed by atoms with Gasteiger partial charge in [0.25, 0.3) is 0 Å². The summed E-state index contributed by atoms with van der Waals surface area (Å²) in [5.74, 6) is 0. The SMILES string of the molecule is Cc1ccc[c]([Sn]([c]2cc(C)ccc2C)([c]2cc(C)ccc2C)[c]2cc(C)ccc2C)c1. The maximum absolute atomic E-state index is 3.67. The Kier molecular flexibility index (Phi) is 6.36. The van der Waals surface area contributed by atoms with Gasteiger partial charge in [-0.25, -0.2) is 0 Å². The van der Waals surface area contributed by atoms with Crippen molar-refractivity contribution in [3.8, 4) is 0 Å². The normalized spacial score (nSPS) is 11.6. The van der Waals surface area contributed by atoms with Crippen molar-refractivity contribution >= 4 is 32.7 Å². The third kappa shape index (κ3) is 3.94. The number of aryl methyl sites for hydroxylation is 7. The molecule has 0 aliphatic heterocycles. The third-order valence-corrected chi connectivity index (χ3v) is 21.7. The first kappa shape index (κ1) is 22.9. The summed E-state index contributed by atoms with van der Waals surface area (Å²) in [4.78, 5) is 0. The Bertz CT molecular complexity index is 1170. The zero-order valence-corrected chi connectivity index (χ0v) is 23.4. The quantitative estimate of drug-likeness (QED) is 0.321. The molecule has 32 heavy (non-hydrogen) atoms. The third-order valence-electron chi connectivity index (χ3n) is 6.84. The van der Waals surface area contributed by atoms with Crippen molar-refractivity contribution in [3.05, 3.63) is 118 Å². The summed E-state index contributed by atoms with van der Waals surface area (Å²) < 4.78 is 6.27. The molecule has 0 nitrogen and oxygen atoms in total. The summed E-state index contributed by atoms with van der Waals surface area (Å²) >= 11 is -3.67. The van der Waals surface area contributed by atoms with Crippen molar-refractivity contribution in [1.82, 2.24) is 0 Å². The zero-order valence-electron chi connectivity index (χ0n) is 20.5. The van der Waals surface area contributed by atoms with Crippen LogP contribution in [-0.4, -0.2) is 18.4 Å². The van der Waals surface area contributed by atoms with Gasteiger partial charge >= 0.3 is 199 Å². The molecule has 0 N–H and O–H groups in total. The fraction of sp³-hybridized carbons (Fsp3) is 0.226. The monoisotopic (exact) mass is 526 g/mol. The Morgan fingerprint density at radius 2 is 0.781 bits per heavy atom. The summed E-state index contributed by atoms with van der Waals surface area (Å²) in [6, 6.07) is 30.7. The summed E-state index contributed by atoms with van der Waals surface area (Å²) in [6.07, 6.45) is 0. The van der Waals surface area contributed by atoms with Crippen molar-refractivity contribution in [3.63, 3.8) is 0 Å². The van der Waals surface area contributed by atoms with Gasteiger partial charge in [-0.05, 0) is 0 Å². The van der Waals surface area contributed by atoms with E-state index in [-0.39, 0.29) is 0 Å². The second-order valence-corrected chi connectivity index (χ2v) is 20.1. The molecule has 0 heterocycles. The van der Waals surface area contributed by atoms with Gasteiger partial charge in [0.05, 0.1) is 0 Å². The molecular formula is C31H34Sn. The summed E-state index contributed by atoms with van der Waals surface area (Å²) in [7, 11) is 0. The molecule has 4 aromatic carbocycles. The van der Waals surface area contributed by atoms with Crippen LogP contribution in [0.4, 0.5) is 0 Å². The van der Waals surface area contributed by atoms with E-state index in [1.54, 1.807) is 10.7 Å². The van der Waals surface area contributed by atoms with E-state index in [2.05, 4.69) is 127 Å². The van der Waals surface area contributed by atoms with E-state index in [1.807, 2.05) is 0 Å². The Hall–Kier alpha value is -2.32. The molecule has 0 saturated carbocycles. The fourth-order valence-corrected chi connectivity index (χ4v) is 22.2. The van der Waals surface area contributed by atoms with E-state index in [0.717, 1.165) is 0 Å². The van der Waals surface area contributed by atoms with Crippen molar-refractivity contribution in [2.24, 2.45) is 0 Å². The van der Waals surface area contributed by atoms with Gasteiger partial charge in [0.1, 0.15) is 0 Å². The minimum atomic E-state index is -3.67. The van der Waals surface area contributed by atoms with Crippen LogP contribution in [0.1, 0.15) is 38.9 Å². The first-order chi connectivity index (χ1) is 15.2. The average molecular weight is 525 g/mol. The molecule has 0 spiro atoms. The van der Waals surface area contributed by atoms with Crippen LogP contribution in [0.5, 0.6) is 0 Å². The van der Waals surface area contributed by atoms with E-state index in [4.69, 9.17) is 0 Å². The maximum atomic E-state index is 2.50. The van der Waals surface area contributed by atoms with E-state index in [9.17, 15) is 0 Å². The molecule has 0 aromatic heterocycles. The van der Waals surface area contributed by atoms with Crippen molar-refractivity contribution in [2.45, 2.75) is 48.5 Å². The molecule has 0 amide bonds. The van der Waals surface area contributed by atoms with Crippen LogP contribution in [0, 0.1) is 48.5 Å². The molecule has 0 aliphatic rings. The molecule has 0 aliphatic carbocycles. The van der Waals surface area contributed by atoms with Crippen LogP contribution in [0.25, 0.3) is 0 Å². The first-order valence-corrected chi connectivity index (χ1v) is 17.2. The molecule has 0 radical (unpaired) electrons. The van der Waals surface area contributed by atoms with Crippen LogP contribution in [0.2, 0.25) is 0 Å². The van der Waals surface area contributed by atoms with Crippen LogP contribution < -0.4 is 14.3 Å². The van der Waals surface area contributed by atoms with Crippen molar-refractivity contribution in [1.29, 1.82) is 0 Å². The van der Waals surface area contributed by atoms with Gasteiger partial charge in [0.15, 0.2) is 0 Å². The Morgan fingerprint density at radius 1 is 0.406 bits per heavy atom. The van der Waals surface area contributed by atoms with Gasteiger partial charge in [0.2, 0.25) is 0 Å². The summed E-state index contributed by atoms with van der Waals surface area (Å²) in [6.45, 7) is 15.9. The molecule has 162 valence electrons. The molecule has 0 fully saturated rings. The molecule has 0 unspecified atom stereocenters. The van der Waals surface area contributed by atoms with Gasteiger partial charge in [-0.3, -0.25) is 0 Å². The number of rotatable bonds is 4. The van der Waals surface area contributed by atoms with E-state index in [0.29, 0.717) is 0 Å². The topological polar surface area (TPSA) is 0 Å². The second-order valence-electron chi connectivity index (χ2n) is 9.57. The Balaban J connectivity index is 2.31. The molecule has 1 heteroatoms. The van der Waals surface area contributed by atoms with Gasteiger partial charge < -0.3 is 0 Å². The van der Waals surface area contributed by atoms with Gasteiger partial charge in [-0.2, -0.15) is 0 Å². The molecule has 4 rings (SSSR count). The standard InChI is InChI=1S/3C8H9.C7H7.Sn/c3*1-7-3-5-8(2)6-4-7;1-7-5-3-2-4-6-7;/h3*3-5H,1-2H3;2-3,5-6H,1H3;. The predicted octanol–water partition coefficient (Wildman–Crippen LogP) is 5.22. The number of hydrogen-bond donors (Lipinski definition) is 0. The molecular weight excluding hydrogens is 491 g/mol. The minimum absolute atomic E-state index is 1.34. The van der Waals surface area contributed by atoms with Crippen molar-refractivity contribution < 1.29 is 0 Å². The summed E-state index contributed by atoms with van der Waals surface area (Å²) in [5, 5.41) is 0. The van der Waals surface area contributed by atoms with Crippen molar-refractivity contribution in [2.75, 3.05) is 0 Å². The second kappa shape index (κ2) is 8.90. The molecule has 0 saturated heterocycles. The Labute approximate surface area is 198 Å². The molecule has 4 aromatic rings. The van der Waals surface area contributed by atoms with E-state index >= 15 is 0 Å². The average Bonchev–Trinajstić information content (AvgIpc) is 2.76. The van der Waals surface area contributed by atoms with Gasteiger partial charge in [-0.1, -0.05) is 0 Å².